The molecule has 4 atom stereocenters. The third kappa shape index (κ3) is 58.6. The average molecular weight is 1530 g/mol. The molecule has 6 heteroatoms. The zero-order valence-electron chi connectivity index (χ0n) is 75.5. The van der Waals surface area contributed by atoms with E-state index in [0.29, 0.717) is 38.5 Å². The van der Waals surface area contributed by atoms with Crippen LogP contribution >= 0.6 is 0 Å². The first-order chi connectivity index (χ1) is 52.9. The first-order valence-electron chi connectivity index (χ1n) is 51.2. The van der Waals surface area contributed by atoms with Gasteiger partial charge in [-0.25, -0.2) is 0 Å². The van der Waals surface area contributed by atoms with Gasteiger partial charge < -0.3 is 30.6 Å². The van der Waals surface area contributed by atoms with Gasteiger partial charge in [-0.2, -0.15) is 0 Å². The Hall–Kier alpha value is -0.240. The molecule has 0 aliphatic heterocycles. The summed E-state index contributed by atoms with van der Waals surface area (Å²) in [6.07, 6.45) is 103. The molecular weight excluding hydrogens is 1320 g/mol. The van der Waals surface area contributed by atoms with E-state index in [1.54, 1.807) is 0 Å². The lowest BCUT2D eigenvalue weighted by atomic mass is 9.53. The van der Waals surface area contributed by atoms with E-state index in [4.69, 9.17) is 0 Å². The Balaban J connectivity index is 7.61. The van der Waals surface area contributed by atoms with Crippen molar-refractivity contribution in [3.8, 4) is 0 Å². The number of unbranched alkanes of at least 4 members (excludes halogenated alkanes) is 78. The molecule has 0 aromatic heterocycles. The molecule has 0 saturated carbocycles. The van der Waals surface area contributed by atoms with Crippen LogP contribution in [0.1, 0.15) is 619 Å². The van der Waals surface area contributed by atoms with Gasteiger partial charge in [0.2, 0.25) is 0 Å². The second-order valence-corrected chi connectivity index (χ2v) is 36.9. The number of hydrogen-bond donors (Lipinski definition) is 6. The zero-order chi connectivity index (χ0) is 78.8. The van der Waals surface area contributed by atoms with Crippen LogP contribution in [-0.2, 0) is 0 Å². The first kappa shape index (κ1) is 108. The molecule has 6 nitrogen and oxygen atoms in total. The molecule has 0 bridgehead atoms. The van der Waals surface area contributed by atoms with Gasteiger partial charge >= 0.3 is 0 Å². The van der Waals surface area contributed by atoms with E-state index in [9.17, 15) is 30.6 Å². The highest BCUT2D eigenvalue weighted by molar-refractivity contribution is 5.24. The van der Waals surface area contributed by atoms with Crippen LogP contribution in [0.3, 0.4) is 0 Å². The molecular formula is C102H206O6. The first-order valence-corrected chi connectivity index (χ1v) is 51.2. The Morgan fingerprint density at radius 3 is 0.361 bits per heavy atom. The van der Waals surface area contributed by atoms with Crippen LogP contribution in [0.5, 0.6) is 0 Å². The maximum absolute atomic E-state index is 15.0. The predicted octanol–water partition coefficient (Wildman–Crippen LogP) is 33.9. The highest BCUT2D eigenvalue weighted by atomic mass is 16.4. The minimum absolute atomic E-state index is 0.0879. The minimum atomic E-state index is -2.29. The van der Waals surface area contributed by atoms with Crippen LogP contribution in [0, 0.1) is 0 Å². The van der Waals surface area contributed by atoms with Crippen molar-refractivity contribution in [1.82, 2.24) is 0 Å². The molecule has 0 aliphatic rings. The third-order valence-corrected chi connectivity index (χ3v) is 26.7. The molecule has 0 saturated heterocycles. The van der Waals surface area contributed by atoms with E-state index in [0.717, 1.165) is 116 Å². The molecule has 0 heterocycles. The monoisotopic (exact) mass is 1530 g/mol. The van der Waals surface area contributed by atoms with Crippen LogP contribution in [-0.4, -0.2) is 65.3 Å². The van der Waals surface area contributed by atoms with Gasteiger partial charge in [0, 0.05) is 0 Å². The van der Waals surface area contributed by atoms with Crippen molar-refractivity contribution in [2.75, 3.05) is 6.61 Å². The third-order valence-electron chi connectivity index (χ3n) is 26.7. The fourth-order valence-electron chi connectivity index (χ4n) is 18.9. The second-order valence-electron chi connectivity index (χ2n) is 36.9. The van der Waals surface area contributed by atoms with Crippen molar-refractivity contribution in [3.63, 3.8) is 0 Å². The summed E-state index contributed by atoms with van der Waals surface area (Å²) in [5.41, 5.74) is -10.5. The number of aliphatic hydroxyl groups excluding tert-OH is 1. The molecule has 0 unspecified atom stereocenters. The van der Waals surface area contributed by atoms with Crippen LogP contribution in [0.25, 0.3) is 0 Å². The molecule has 0 spiro atoms. The van der Waals surface area contributed by atoms with E-state index >= 15 is 0 Å². The molecule has 0 aromatic carbocycles. The van der Waals surface area contributed by atoms with Crippen LogP contribution in [0.4, 0.5) is 0 Å². The van der Waals surface area contributed by atoms with Crippen LogP contribution < -0.4 is 0 Å². The summed E-state index contributed by atoms with van der Waals surface area (Å²) in [6, 6.07) is 0. The van der Waals surface area contributed by atoms with E-state index in [1.165, 1.54) is 398 Å². The van der Waals surface area contributed by atoms with E-state index in [-0.39, 0.29) is 25.7 Å². The topological polar surface area (TPSA) is 121 Å². The van der Waals surface area contributed by atoms with Crippen LogP contribution in [0.15, 0.2) is 0 Å². The maximum atomic E-state index is 15.0. The molecule has 108 heavy (non-hydrogen) atoms. The van der Waals surface area contributed by atoms with Gasteiger partial charge in [0.25, 0.3) is 0 Å². The van der Waals surface area contributed by atoms with Gasteiger partial charge in [-0.1, -0.05) is 581 Å². The minimum Gasteiger partial charge on any atom is -0.393 e. The molecule has 6 N–H and O–H groups in total. The van der Waals surface area contributed by atoms with E-state index in [2.05, 4.69) is 41.5 Å². The second kappa shape index (κ2) is 81.9. The van der Waals surface area contributed by atoms with Gasteiger partial charge in [0.15, 0.2) is 0 Å². The average Bonchev–Trinajstić information content (AvgIpc) is 0.700. The highest BCUT2D eigenvalue weighted by Crippen LogP contribution is 2.55. The van der Waals surface area contributed by atoms with Crippen molar-refractivity contribution >= 4 is 0 Å². The molecule has 0 amide bonds. The standard InChI is InChI=1S/C102H206O6/c1-7-13-19-25-31-37-43-49-55-61-67-73-79-85-91-98(104,92-86-80-74-68-62-56-50-44-38-32-26-20-14-8-2)100(106,94-88-82-76-70-64-58-52-46-40-34-28-22-16-10-4)102(108,96-90-84-78-72-66-60-54-48-42-36-30-24-18-12-6)101(107,95-89-83-77-71-65-59-53-47-41-35-29-23-17-11-5)99(105,97-103)93-87-81-75-69-63-57-51-45-39-33-27-21-15-9-3/h103-108H,7-97H2,1-6H3/t99-,100+,101-,102-/m1/s1. The van der Waals surface area contributed by atoms with Gasteiger partial charge in [-0.3, -0.25) is 0 Å². The fourth-order valence-corrected chi connectivity index (χ4v) is 18.9. The summed E-state index contributed by atoms with van der Waals surface area (Å²) in [6.45, 7) is 13.1. The number of hydrogen-bond acceptors (Lipinski definition) is 6. The SMILES string of the molecule is CCCCCCCCCCCCCCCCC(O)(CCCCCCCCCCCCCCCC)[C@@](O)(CCCCCCCCCCCCCCCC)[C@](O)(CCCCCCCCCCCCCCCC)[C@@](O)(CCCCCCCCCCCCCCCC)[C@](O)(CO)CCCCCCCCCCCCCCCC. The van der Waals surface area contributed by atoms with E-state index < -0.39 is 34.6 Å². The Bertz CT molecular complexity index is 1670. The van der Waals surface area contributed by atoms with Crippen molar-refractivity contribution in [1.29, 1.82) is 0 Å². The number of rotatable bonds is 95. The molecule has 650 valence electrons. The zero-order valence-corrected chi connectivity index (χ0v) is 75.5. The summed E-state index contributed by atoms with van der Waals surface area (Å²) >= 11 is 0. The molecule has 0 radical (unpaired) electrons. The van der Waals surface area contributed by atoms with Gasteiger partial charge in [0.05, 0.1) is 12.2 Å². The summed E-state index contributed by atoms with van der Waals surface area (Å²) in [5.74, 6) is 0. The van der Waals surface area contributed by atoms with Crippen molar-refractivity contribution in [2.45, 2.75) is 647 Å². The Morgan fingerprint density at radius 1 is 0.120 bits per heavy atom. The molecule has 0 rings (SSSR count). The largest absolute Gasteiger partial charge is 0.393 e. The summed E-state index contributed by atoms with van der Waals surface area (Å²) in [7, 11) is 0. The van der Waals surface area contributed by atoms with Crippen molar-refractivity contribution < 1.29 is 30.6 Å². The Morgan fingerprint density at radius 2 is 0.222 bits per heavy atom. The van der Waals surface area contributed by atoms with Crippen molar-refractivity contribution in [3.05, 3.63) is 0 Å². The molecule has 0 fully saturated rings. The quantitative estimate of drug-likeness (QED) is 0.0338. The molecule has 0 aliphatic carbocycles. The maximum Gasteiger partial charge on any atom is 0.128 e. The Labute approximate surface area is 680 Å². The lowest BCUT2D eigenvalue weighted by Gasteiger charge is -2.62. The smallest absolute Gasteiger partial charge is 0.128 e. The predicted molar refractivity (Wildman–Crippen MR) is 481 cm³/mol. The van der Waals surface area contributed by atoms with Gasteiger partial charge in [-0.05, 0) is 38.5 Å². The summed E-state index contributed by atoms with van der Waals surface area (Å²) < 4.78 is 0. The summed E-state index contributed by atoms with van der Waals surface area (Å²) in [5, 5.41) is 84.8. The normalized spacial score (nSPS) is 14.4. The Kier molecular flexibility index (Phi) is 81.7. The highest BCUT2D eigenvalue weighted by Gasteiger charge is 2.72. The van der Waals surface area contributed by atoms with Gasteiger partial charge in [0.1, 0.15) is 22.4 Å². The lowest BCUT2D eigenvalue weighted by molar-refractivity contribution is -0.348. The van der Waals surface area contributed by atoms with Crippen LogP contribution in [0.2, 0.25) is 0 Å². The lowest BCUT2D eigenvalue weighted by Crippen LogP contribution is -2.81. The fraction of sp³-hybridized carbons (Fsp3) is 1.00. The molecule has 0 aromatic rings. The summed E-state index contributed by atoms with van der Waals surface area (Å²) in [4.78, 5) is 0. The number of aliphatic hydroxyl groups is 6. The van der Waals surface area contributed by atoms with E-state index in [1.807, 2.05) is 0 Å². The van der Waals surface area contributed by atoms with Crippen molar-refractivity contribution in [2.24, 2.45) is 0 Å². The van der Waals surface area contributed by atoms with Gasteiger partial charge in [-0.15, -0.1) is 0 Å².